The van der Waals surface area contributed by atoms with Crippen LogP contribution in [0.3, 0.4) is 0 Å². The molecule has 1 fully saturated rings. The molecule has 156 valence electrons. The van der Waals surface area contributed by atoms with Crippen molar-refractivity contribution in [3.05, 3.63) is 71.5 Å². The highest BCUT2D eigenvalue weighted by molar-refractivity contribution is 5.75. The van der Waals surface area contributed by atoms with E-state index in [1.165, 1.54) is 22.4 Å². The van der Waals surface area contributed by atoms with Crippen LogP contribution in [-0.4, -0.2) is 36.1 Å². The molecule has 6 nitrogen and oxygen atoms in total. The zero-order chi connectivity index (χ0) is 21.1. The first-order valence-electron chi connectivity index (χ1n) is 10.5. The molecule has 0 amide bonds. The highest BCUT2D eigenvalue weighted by Crippen LogP contribution is 2.31. The average molecular weight is 403 g/mol. The Morgan fingerprint density at radius 1 is 0.900 bits per heavy atom. The second kappa shape index (κ2) is 8.61. The number of piperazine rings is 1. The van der Waals surface area contributed by atoms with Crippen LogP contribution in [0.25, 0.3) is 0 Å². The Labute approximate surface area is 178 Å². The number of nitrogens with one attached hydrogen (secondary N) is 1. The normalized spacial score (nSPS) is 15.2. The molecule has 1 aromatic heterocycles. The zero-order valence-corrected chi connectivity index (χ0v) is 18.0. The second-order valence-electron chi connectivity index (χ2n) is 7.93. The Hall–Kier alpha value is -3.28. The molecular weight excluding hydrogens is 372 g/mol. The van der Waals surface area contributed by atoms with E-state index < -0.39 is 0 Å². The molecule has 1 unspecified atom stereocenters. The van der Waals surface area contributed by atoms with E-state index in [-0.39, 0.29) is 6.04 Å². The molecule has 3 aromatic rings. The summed E-state index contributed by atoms with van der Waals surface area (Å²) in [7, 11) is 0. The third-order valence-electron chi connectivity index (χ3n) is 6.01. The van der Waals surface area contributed by atoms with Crippen molar-refractivity contribution in [2.24, 2.45) is 0 Å². The van der Waals surface area contributed by atoms with Gasteiger partial charge in [-0.05, 0) is 43.5 Å². The molecule has 1 saturated heterocycles. The number of aryl methyl sites for hydroxylation is 1. The van der Waals surface area contributed by atoms with E-state index in [1.54, 1.807) is 6.33 Å². The molecule has 3 N–H and O–H groups in total. The molecule has 6 heteroatoms. The van der Waals surface area contributed by atoms with Gasteiger partial charge in [0.25, 0.3) is 0 Å². The highest BCUT2D eigenvalue weighted by atomic mass is 15.3. The number of nitrogens with two attached hydrogens (primary N) is 1. The summed E-state index contributed by atoms with van der Waals surface area (Å²) in [6.07, 6.45) is 1.60. The number of aromatic nitrogens is 2. The second-order valence-corrected chi connectivity index (χ2v) is 7.93. The summed E-state index contributed by atoms with van der Waals surface area (Å²) in [5.74, 6) is 1.50. The van der Waals surface area contributed by atoms with Gasteiger partial charge < -0.3 is 20.9 Å². The van der Waals surface area contributed by atoms with Crippen molar-refractivity contribution in [1.82, 2.24) is 9.97 Å². The molecule has 0 radical (unpaired) electrons. The molecule has 4 rings (SSSR count). The fraction of sp³-hybridized carbons (Fsp3) is 0.333. The summed E-state index contributed by atoms with van der Waals surface area (Å²) in [6, 6.07) is 16.9. The van der Waals surface area contributed by atoms with Gasteiger partial charge in [0.2, 0.25) is 0 Å². The van der Waals surface area contributed by atoms with Crippen LogP contribution in [0.1, 0.15) is 29.7 Å². The number of hydrogen-bond acceptors (Lipinski definition) is 6. The molecule has 1 aliphatic heterocycles. The Morgan fingerprint density at radius 2 is 1.60 bits per heavy atom. The summed E-state index contributed by atoms with van der Waals surface area (Å²) in [6.45, 7) is 10.1. The van der Waals surface area contributed by atoms with E-state index in [0.29, 0.717) is 11.5 Å². The summed E-state index contributed by atoms with van der Waals surface area (Å²) in [5.41, 5.74) is 12.3. The van der Waals surface area contributed by atoms with Gasteiger partial charge in [-0.3, -0.25) is 0 Å². The van der Waals surface area contributed by atoms with Crippen LogP contribution in [0.4, 0.5) is 23.0 Å². The standard InChI is InChI=1S/C24H30N6/c1-17-8-7-11-21(18(17)2)29-12-14-30(15-13-29)24-22(25)23(26-16-27-24)28-19(3)20-9-5-4-6-10-20/h4-11,16,19H,12-15,25H2,1-3H3,(H,26,27,28). The third kappa shape index (κ3) is 4.03. The lowest BCUT2D eigenvalue weighted by Gasteiger charge is -2.38. The van der Waals surface area contributed by atoms with Crippen LogP contribution in [0, 0.1) is 13.8 Å². The number of nitrogens with zero attached hydrogens (tertiary/aromatic N) is 4. The average Bonchev–Trinajstić information content (AvgIpc) is 2.78. The van der Waals surface area contributed by atoms with Crippen LogP contribution >= 0.6 is 0 Å². The van der Waals surface area contributed by atoms with Crippen molar-refractivity contribution >= 4 is 23.0 Å². The molecule has 2 aromatic carbocycles. The van der Waals surface area contributed by atoms with Crippen molar-refractivity contribution in [2.75, 3.05) is 47.0 Å². The number of hydrogen-bond donors (Lipinski definition) is 2. The minimum absolute atomic E-state index is 0.109. The van der Waals surface area contributed by atoms with Crippen LogP contribution in [-0.2, 0) is 0 Å². The van der Waals surface area contributed by atoms with E-state index in [0.717, 1.165) is 32.0 Å². The van der Waals surface area contributed by atoms with E-state index >= 15 is 0 Å². The molecule has 0 saturated carbocycles. The summed E-state index contributed by atoms with van der Waals surface area (Å²) < 4.78 is 0. The number of nitrogen functional groups attached to an aromatic ring is 1. The molecule has 1 aliphatic rings. The first kappa shape index (κ1) is 20.0. The maximum absolute atomic E-state index is 6.49. The van der Waals surface area contributed by atoms with Crippen molar-refractivity contribution in [3.63, 3.8) is 0 Å². The molecular formula is C24H30N6. The topological polar surface area (TPSA) is 70.3 Å². The third-order valence-corrected chi connectivity index (χ3v) is 6.01. The lowest BCUT2D eigenvalue weighted by molar-refractivity contribution is 0.646. The lowest BCUT2D eigenvalue weighted by atomic mass is 10.1. The Balaban J connectivity index is 1.46. The van der Waals surface area contributed by atoms with E-state index in [2.05, 4.69) is 76.2 Å². The first-order chi connectivity index (χ1) is 14.5. The van der Waals surface area contributed by atoms with Crippen LogP contribution in [0.2, 0.25) is 0 Å². The number of anilines is 4. The van der Waals surface area contributed by atoms with Gasteiger partial charge in [-0.2, -0.15) is 0 Å². The summed E-state index contributed by atoms with van der Waals surface area (Å²) in [4.78, 5) is 13.6. The number of rotatable bonds is 5. The van der Waals surface area contributed by atoms with Gasteiger partial charge in [0.15, 0.2) is 11.6 Å². The number of benzene rings is 2. The van der Waals surface area contributed by atoms with Gasteiger partial charge in [-0.25, -0.2) is 9.97 Å². The SMILES string of the molecule is Cc1cccc(N2CCN(c3ncnc(NC(C)c4ccccc4)c3N)CC2)c1C. The quantitative estimate of drug-likeness (QED) is 0.667. The fourth-order valence-corrected chi connectivity index (χ4v) is 4.02. The van der Waals surface area contributed by atoms with Gasteiger partial charge in [0.1, 0.15) is 12.0 Å². The lowest BCUT2D eigenvalue weighted by Crippen LogP contribution is -2.47. The fourth-order valence-electron chi connectivity index (χ4n) is 4.02. The van der Waals surface area contributed by atoms with Gasteiger partial charge in [0, 0.05) is 31.9 Å². The first-order valence-corrected chi connectivity index (χ1v) is 10.5. The van der Waals surface area contributed by atoms with Crippen molar-refractivity contribution < 1.29 is 0 Å². The summed E-state index contributed by atoms with van der Waals surface area (Å²) in [5, 5.41) is 3.44. The molecule has 0 spiro atoms. The minimum atomic E-state index is 0.109. The predicted octanol–water partition coefficient (Wildman–Crippen LogP) is 4.18. The predicted molar refractivity (Wildman–Crippen MR) is 125 cm³/mol. The minimum Gasteiger partial charge on any atom is -0.393 e. The highest BCUT2D eigenvalue weighted by Gasteiger charge is 2.23. The van der Waals surface area contributed by atoms with Gasteiger partial charge in [-0.15, -0.1) is 0 Å². The van der Waals surface area contributed by atoms with Gasteiger partial charge >= 0.3 is 0 Å². The molecule has 1 atom stereocenters. The Kier molecular flexibility index (Phi) is 5.74. The zero-order valence-electron chi connectivity index (χ0n) is 18.0. The van der Waals surface area contributed by atoms with E-state index in [9.17, 15) is 0 Å². The van der Waals surface area contributed by atoms with E-state index in [4.69, 9.17) is 5.73 Å². The van der Waals surface area contributed by atoms with Crippen molar-refractivity contribution in [1.29, 1.82) is 0 Å². The molecule has 0 aliphatic carbocycles. The largest absolute Gasteiger partial charge is 0.393 e. The Bertz CT molecular complexity index is 996. The molecule has 2 heterocycles. The van der Waals surface area contributed by atoms with Crippen LogP contribution in [0.5, 0.6) is 0 Å². The maximum atomic E-state index is 6.49. The van der Waals surface area contributed by atoms with E-state index in [1.807, 2.05) is 18.2 Å². The van der Waals surface area contributed by atoms with Crippen molar-refractivity contribution in [3.8, 4) is 0 Å². The maximum Gasteiger partial charge on any atom is 0.157 e. The van der Waals surface area contributed by atoms with Crippen LogP contribution < -0.4 is 20.9 Å². The monoisotopic (exact) mass is 402 g/mol. The smallest absolute Gasteiger partial charge is 0.157 e. The Morgan fingerprint density at radius 3 is 2.33 bits per heavy atom. The van der Waals surface area contributed by atoms with Gasteiger partial charge in [0.05, 0.1) is 6.04 Å². The van der Waals surface area contributed by atoms with Crippen LogP contribution in [0.15, 0.2) is 54.9 Å². The molecule has 0 bridgehead atoms. The van der Waals surface area contributed by atoms with Crippen molar-refractivity contribution in [2.45, 2.75) is 26.8 Å². The summed E-state index contributed by atoms with van der Waals surface area (Å²) >= 11 is 0. The molecule has 30 heavy (non-hydrogen) atoms. The van der Waals surface area contributed by atoms with Gasteiger partial charge in [-0.1, -0.05) is 42.5 Å².